The van der Waals surface area contributed by atoms with Gasteiger partial charge in [-0.25, -0.2) is 0 Å². The summed E-state index contributed by atoms with van der Waals surface area (Å²) in [6.45, 7) is 3.10. The topological polar surface area (TPSA) is 83.6 Å². The van der Waals surface area contributed by atoms with Crippen molar-refractivity contribution >= 4 is 11.9 Å². The van der Waals surface area contributed by atoms with Gasteiger partial charge in [-0.3, -0.25) is 9.59 Å². The van der Waals surface area contributed by atoms with E-state index in [0.717, 1.165) is 19.4 Å². The number of hydrogen-bond donors (Lipinski definition) is 2. The van der Waals surface area contributed by atoms with Crippen LogP contribution in [0.3, 0.4) is 0 Å². The first-order valence-corrected chi connectivity index (χ1v) is 5.77. The van der Waals surface area contributed by atoms with Gasteiger partial charge in [-0.2, -0.15) is 0 Å². The van der Waals surface area contributed by atoms with Crippen molar-refractivity contribution in [1.82, 2.24) is 4.90 Å². The minimum atomic E-state index is -0.768. The molecule has 0 aromatic carbocycles. The van der Waals surface area contributed by atoms with E-state index in [1.807, 2.05) is 0 Å². The summed E-state index contributed by atoms with van der Waals surface area (Å²) in [5.74, 6) is -0.483. The first-order chi connectivity index (χ1) is 7.50. The highest BCUT2D eigenvalue weighted by Gasteiger charge is 2.25. The van der Waals surface area contributed by atoms with Gasteiger partial charge in [0.25, 0.3) is 0 Å². The summed E-state index contributed by atoms with van der Waals surface area (Å²) in [4.78, 5) is 23.9. The molecule has 0 aromatic heterocycles. The maximum absolute atomic E-state index is 11.7. The quantitative estimate of drug-likeness (QED) is 0.731. The second-order valence-corrected chi connectivity index (χ2v) is 4.51. The van der Waals surface area contributed by atoms with E-state index in [2.05, 4.69) is 0 Å². The molecular weight excluding hydrogens is 208 g/mol. The average molecular weight is 228 g/mol. The molecule has 0 radical (unpaired) electrons. The normalized spacial score (nSPS) is 22.9. The number of piperidine rings is 1. The summed E-state index contributed by atoms with van der Waals surface area (Å²) >= 11 is 0. The van der Waals surface area contributed by atoms with Crippen LogP contribution in [-0.2, 0) is 9.59 Å². The lowest BCUT2D eigenvalue weighted by molar-refractivity contribution is -0.137. The second kappa shape index (κ2) is 5.84. The Kier molecular flexibility index (Phi) is 4.73. The van der Waals surface area contributed by atoms with Gasteiger partial charge in [0.2, 0.25) is 5.91 Å². The third-order valence-corrected chi connectivity index (χ3v) is 2.99. The number of carboxylic acid groups (broad SMARTS) is 1. The lowest BCUT2D eigenvalue weighted by Gasteiger charge is -2.33. The molecule has 1 fully saturated rings. The molecule has 1 heterocycles. The number of likely N-dealkylation sites (tertiary alicyclic amines) is 1. The molecule has 0 spiro atoms. The lowest BCUT2D eigenvalue weighted by Crippen LogP contribution is -2.46. The Morgan fingerprint density at radius 3 is 2.81 bits per heavy atom. The highest BCUT2D eigenvalue weighted by Crippen LogP contribution is 2.21. The number of nitrogens with two attached hydrogens (primary N) is 1. The molecule has 3 N–H and O–H groups in total. The molecule has 92 valence electrons. The molecule has 1 saturated heterocycles. The Morgan fingerprint density at radius 1 is 1.56 bits per heavy atom. The van der Waals surface area contributed by atoms with Crippen molar-refractivity contribution in [1.29, 1.82) is 0 Å². The summed E-state index contributed by atoms with van der Waals surface area (Å²) in [6, 6.07) is -0.460. The molecule has 1 rings (SSSR count). The predicted molar refractivity (Wildman–Crippen MR) is 59.8 cm³/mol. The van der Waals surface area contributed by atoms with E-state index >= 15 is 0 Å². The predicted octanol–water partition coefficient (Wildman–Crippen LogP) is 0.437. The van der Waals surface area contributed by atoms with Gasteiger partial charge in [0.15, 0.2) is 0 Å². The molecule has 0 aromatic rings. The number of nitrogens with zero attached hydrogens (tertiary/aromatic N) is 1. The van der Waals surface area contributed by atoms with Crippen molar-refractivity contribution < 1.29 is 14.7 Å². The van der Waals surface area contributed by atoms with E-state index in [1.165, 1.54) is 0 Å². The van der Waals surface area contributed by atoms with E-state index in [1.54, 1.807) is 11.8 Å². The Labute approximate surface area is 95.6 Å². The van der Waals surface area contributed by atoms with E-state index in [-0.39, 0.29) is 12.3 Å². The van der Waals surface area contributed by atoms with E-state index < -0.39 is 12.0 Å². The molecule has 16 heavy (non-hydrogen) atoms. The zero-order valence-corrected chi connectivity index (χ0v) is 9.69. The first kappa shape index (κ1) is 13.0. The Balaban J connectivity index is 2.41. The second-order valence-electron chi connectivity index (χ2n) is 4.51. The largest absolute Gasteiger partial charge is 0.481 e. The van der Waals surface area contributed by atoms with Crippen molar-refractivity contribution in [3.05, 3.63) is 0 Å². The van der Waals surface area contributed by atoms with Crippen LogP contribution in [0.25, 0.3) is 0 Å². The van der Waals surface area contributed by atoms with Crippen molar-refractivity contribution in [2.75, 3.05) is 13.1 Å². The highest BCUT2D eigenvalue weighted by atomic mass is 16.4. The lowest BCUT2D eigenvalue weighted by atomic mass is 9.93. The molecule has 0 bridgehead atoms. The molecule has 1 aliphatic heterocycles. The van der Waals surface area contributed by atoms with Crippen molar-refractivity contribution in [3.8, 4) is 0 Å². The van der Waals surface area contributed by atoms with Crippen LogP contribution in [0.1, 0.15) is 32.6 Å². The molecule has 0 aliphatic carbocycles. The smallest absolute Gasteiger partial charge is 0.303 e. The van der Waals surface area contributed by atoms with Crippen LogP contribution >= 0.6 is 0 Å². The third kappa shape index (κ3) is 3.81. The minimum Gasteiger partial charge on any atom is -0.481 e. The van der Waals surface area contributed by atoms with Crippen molar-refractivity contribution in [3.63, 3.8) is 0 Å². The maximum atomic E-state index is 11.7. The molecular formula is C11H20N2O3. The number of aliphatic carboxylic acids is 1. The Morgan fingerprint density at radius 2 is 2.25 bits per heavy atom. The number of amides is 1. The molecule has 1 unspecified atom stereocenters. The number of rotatable bonds is 4. The van der Waals surface area contributed by atoms with Gasteiger partial charge in [0, 0.05) is 19.5 Å². The van der Waals surface area contributed by atoms with Gasteiger partial charge in [-0.15, -0.1) is 0 Å². The SMILES string of the molecule is C[C@@H](N)C(=O)N1CCCC(CCC(=O)O)C1. The standard InChI is InChI=1S/C11H20N2O3/c1-8(12)11(16)13-6-2-3-9(7-13)4-5-10(14)15/h8-9H,2-7,12H2,1H3,(H,14,15)/t8-,9?/m1/s1. The van der Waals surface area contributed by atoms with Crippen LogP contribution in [0.2, 0.25) is 0 Å². The van der Waals surface area contributed by atoms with E-state index in [4.69, 9.17) is 10.8 Å². The fourth-order valence-electron chi connectivity index (χ4n) is 2.12. The van der Waals surface area contributed by atoms with Gasteiger partial charge in [0.1, 0.15) is 0 Å². The van der Waals surface area contributed by atoms with Gasteiger partial charge >= 0.3 is 5.97 Å². The Hall–Kier alpha value is -1.10. The third-order valence-electron chi connectivity index (χ3n) is 2.99. The summed E-state index contributed by atoms with van der Waals surface area (Å²) in [7, 11) is 0. The fourth-order valence-corrected chi connectivity index (χ4v) is 2.12. The van der Waals surface area contributed by atoms with Gasteiger partial charge in [-0.05, 0) is 32.1 Å². The van der Waals surface area contributed by atoms with Crippen LogP contribution in [-0.4, -0.2) is 41.0 Å². The fraction of sp³-hybridized carbons (Fsp3) is 0.818. The molecule has 5 heteroatoms. The molecule has 1 amide bonds. The summed E-state index contributed by atoms with van der Waals surface area (Å²) in [6.07, 6.45) is 2.79. The number of carboxylic acids is 1. The van der Waals surface area contributed by atoms with Crippen molar-refractivity contribution in [2.24, 2.45) is 11.7 Å². The zero-order valence-electron chi connectivity index (χ0n) is 9.69. The number of carbonyl (C=O) groups excluding carboxylic acids is 1. The van der Waals surface area contributed by atoms with E-state index in [9.17, 15) is 9.59 Å². The van der Waals surface area contributed by atoms with E-state index in [0.29, 0.717) is 18.9 Å². The molecule has 1 aliphatic rings. The number of hydrogen-bond acceptors (Lipinski definition) is 3. The molecule has 0 saturated carbocycles. The molecule has 5 nitrogen and oxygen atoms in total. The minimum absolute atomic E-state index is 0.0278. The van der Waals surface area contributed by atoms with Crippen LogP contribution in [0, 0.1) is 5.92 Å². The summed E-state index contributed by atoms with van der Waals surface area (Å²) in [5, 5.41) is 8.61. The van der Waals surface area contributed by atoms with Crippen LogP contribution < -0.4 is 5.73 Å². The van der Waals surface area contributed by atoms with Gasteiger partial charge in [-0.1, -0.05) is 0 Å². The van der Waals surface area contributed by atoms with Gasteiger partial charge < -0.3 is 15.7 Å². The summed E-state index contributed by atoms with van der Waals surface area (Å²) < 4.78 is 0. The highest BCUT2D eigenvalue weighted by molar-refractivity contribution is 5.81. The van der Waals surface area contributed by atoms with Crippen LogP contribution in [0.4, 0.5) is 0 Å². The Bertz CT molecular complexity index is 266. The molecule has 2 atom stereocenters. The zero-order chi connectivity index (χ0) is 12.1. The monoisotopic (exact) mass is 228 g/mol. The van der Waals surface area contributed by atoms with Crippen LogP contribution in [0.5, 0.6) is 0 Å². The van der Waals surface area contributed by atoms with Crippen molar-refractivity contribution in [2.45, 2.75) is 38.6 Å². The average Bonchev–Trinajstić information content (AvgIpc) is 2.25. The van der Waals surface area contributed by atoms with Gasteiger partial charge in [0.05, 0.1) is 6.04 Å². The first-order valence-electron chi connectivity index (χ1n) is 5.77. The number of carbonyl (C=O) groups is 2. The van der Waals surface area contributed by atoms with Crippen LogP contribution in [0.15, 0.2) is 0 Å². The summed E-state index contributed by atoms with van der Waals surface area (Å²) in [5.41, 5.74) is 5.55. The maximum Gasteiger partial charge on any atom is 0.303 e.